The number of hydrogen-bond acceptors (Lipinski definition) is 2. The summed E-state index contributed by atoms with van der Waals surface area (Å²) in [6, 6.07) is 24.5. The van der Waals surface area contributed by atoms with Crippen LogP contribution in [0.1, 0.15) is 48.2 Å². The van der Waals surface area contributed by atoms with Crippen molar-refractivity contribution in [3.05, 3.63) is 95.6 Å². The van der Waals surface area contributed by atoms with Gasteiger partial charge in [0.05, 0.1) is 5.92 Å². The molecule has 1 unspecified atom stereocenters. The van der Waals surface area contributed by atoms with E-state index in [9.17, 15) is 9.59 Å². The summed E-state index contributed by atoms with van der Waals surface area (Å²) in [5.74, 6) is -0.0128. The van der Waals surface area contributed by atoms with Crippen LogP contribution in [0.25, 0.3) is 0 Å². The second-order valence-corrected chi connectivity index (χ2v) is 7.95. The number of rotatable bonds is 7. The largest absolute Gasteiger partial charge is 0.326 e. The monoisotopic (exact) mass is 400 g/mol. The third kappa shape index (κ3) is 5.80. The van der Waals surface area contributed by atoms with Crippen molar-refractivity contribution in [2.24, 2.45) is 5.92 Å². The Hall–Kier alpha value is -3.40. The molecule has 2 amide bonds. The van der Waals surface area contributed by atoms with Crippen molar-refractivity contribution in [3.63, 3.8) is 0 Å². The number of carbonyl (C=O) groups is 2. The average Bonchev–Trinajstić information content (AvgIpc) is 2.74. The molecule has 3 aromatic rings. The molecule has 0 aliphatic carbocycles. The molecular weight excluding hydrogens is 372 g/mol. The number of amides is 2. The number of anilines is 2. The third-order valence-corrected chi connectivity index (χ3v) is 4.94. The van der Waals surface area contributed by atoms with Crippen LogP contribution in [0.15, 0.2) is 78.9 Å². The Balaban J connectivity index is 1.65. The fourth-order valence-electron chi connectivity index (χ4n) is 3.28. The highest BCUT2D eigenvalue weighted by atomic mass is 16.2. The van der Waals surface area contributed by atoms with Gasteiger partial charge in [-0.2, -0.15) is 0 Å². The molecule has 0 radical (unpaired) electrons. The molecule has 0 saturated heterocycles. The number of hydrogen-bond donors (Lipinski definition) is 2. The summed E-state index contributed by atoms with van der Waals surface area (Å²) in [5, 5.41) is 5.78. The van der Waals surface area contributed by atoms with E-state index in [4.69, 9.17) is 0 Å². The van der Waals surface area contributed by atoms with E-state index >= 15 is 0 Å². The highest BCUT2D eigenvalue weighted by Gasteiger charge is 2.16. The molecule has 0 aliphatic rings. The Morgan fingerprint density at radius 1 is 0.767 bits per heavy atom. The van der Waals surface area contributed by atoms with Crippen LogP contribution in [0.5, 0.6) is 0 Å². The number of nitrogens with one attached hydrogen (secondary N) is 2. The fraction of sp³-hybridized carbons (Fsp3) is 0.231. The van der Waals surface area contributed by atoms with Gasteiger partial charge in [-0.05, 0) is 60.7 Å². The summed E-state index contributed by atoms with van der Waals surface area (Å²) < 4.78 is 0. The van der Waals surface area contributed by atoms with Crippen LogP contribution in [0.3, 0.4) is 0 Å². The lowest BCUT2D eigenvalue weighted by Crippen LogP contribution is -2.19. The van der Waals surface area contributed by atoms with Crippen LogP contribution in [0.4, 0.5) is 11.4 Å². The highest BCUT2D eigenvalue weighted by Crippen LogP contribution is 2.20. The van der Waals surface area contributed by atoms with E-state index in [-0.39, 0.29) is 17.7 Å². The maximum Gasteiger partial charge on any atom is 0.255 e. The Kier molecular flexibility index (Phi) is 7.02. The summed E-state index contributed by atoms with van der Waals surface area (Å²) in [6.45, 7) is 6.27. The minimum absolute atomic E-state index is 0.104. The van der Waals surface area contributed by atoms with E-state index < -0.39 is 0 Å². The Labute approximate surface area is 178 Å². The van der Waals surface area contributed by atoms with Gasteiger partial charge in [0, 0.05) is 16.9 Å². The highest BCUT2D eigenvalue weighted by molar-refractivity contribution is 6.05. The van der Waals surface area contributed by atoms with Gasteiger partial charge in [-0.1, -0.05) is 62.4 Å². The van der Waals surface area contributed by atoms with Crippen molar-refractivity contribution in [2.75, 3.05) is 10.6 Å². The molecule has 3 aromatic carbocycles. The molecule has 1 atom stereocenters. The van der Waals surface area contributed by atoms with Crippen LogP contribution in [-0.2, 0) is 11.2 Å². The standard InChI is InChI=1S/C26H28N2O2/c1-18(2)16-20-12-14-21(15-13-20)19(3)25(29)28-24-11-7-8-22(17-24)26(30)27-23-9-5-4-6-10-23/h4-15,17-19H,16H2,1-3H3,(H,27,30)(H,28,29). The van der Waals surface area contributed by atoms with E-state index in [1.807, 2.05) is 49.4 Å². The van der Waals surface area contributed by atoms with Crippen molar-refractivity contribution in [2.45, 2.75) is 33.1 Å². The van der Waals surface area contributed by atoms with Crippen LogP contribution in [0.2, 0.25) is 0 Å². The second kappa shape index (κ2) is 9.88. The Morgan fingerprint density at radius 3 is 2.10 bits per heavy atom. The quantitative estimate of drug-likeness (QED) is 0.520. The molecule has 4 nitrogen and oxygen atoms in total. The molecule has 4 heteroatoms. The Morgan fingerprint density at radius 2 is 1.43 bits per heavy atom. The zero-order chi connectivity index (χ0) is 21.5. The topological polar surface area (TPSA) is 58.2 Å². The summed E-state index contributed by atoms with van der Waals surface area (Å²) in [6.07, 6.45) is 1.03. The van der Waals surface area contributed by atoms with Crippen molar-refractivity contribution in [3.8, 4) is 0 Å². The number of para-hydroxylation sites is 1. The van der Waals surface area contributed by atoms with E-state index in [1.165, 1.54) is 5.56 Å². The van der Waals surface area contributed by atoms with Gasteiger partial charge in [0.25, 0.3) is 5.91 Å². The van der Waals surface area contributed by atoms with E-state index in [0.29, 0.717) is 17.2 Å². The van der Waals surface area contributed by atoms with Gasteiger partial charge in [-0.25, -0.2) is 0 Å². The van der Waals surface area contributed by atoms with Crippen molar-refractivity contribution >= 4 is 23.2 Å². The predicted octanol–water partition coefficient (Wildman–Crippen LogP) is 5.88. The molecular formula is C26H28N2O2. The molecule has 154 valence electrons. The van der Waals surface area contributed by atoms with Crippen molar-refractivity contribution < 1.29 is 9.59 Å². The van der Waals surface area contributed by atoms with Gasteiger partial charge < -0.3 is 10.6 Å². The van der Waals surface area contributed by atoms with Gasteiger partial charge in [-0.3, -0.25) is 9.59 Å². The minimum Gasteiger partial charge on any atom is -0.326 e. The lowest BCUT2D eigenvalue weighted by Gasteiger charge is -2.14. The van der Waals surface area contributed by atoms with Crippen molar-refractivity contribution in [1.82, 2.24) is 0 Å². The summed E-state index contributed by atoms with van der Waals surface area (Å²) in [4.78, 5) is 25.2. The molecule has 0 heterocycles. The van der Waals surface area contributed by atoms with Gasteiger partial charge in [-0.15, -0.1) is 0 Å². The van der Waals surface area contributed by atoms with E-state index in [2.05, 4.69) is 36.6 Å². The SMILES string of the molecule is CC(C)Cc1ccc(C(C)C(=O)Nc2cccc(C(=O)Nc3ccccc3)c2)cc1. The first-order valence-corrected chi connectivity index (χ1v) is 10.3. The molecule has 0 fully saturated rings. The van der Waals surface area contributed by atoms with E-state index in [1.54, 1.807) is 24.3 Å². The van der Waals surface area contributed by atoms with Crippen LogP contribution in [0, 0.1) is 5.92 Å². The molecule has 0 bridgehead atoms. The first-order chi connectivity index (χ1) is 14.4. The Bertz CT molecular complexity index is 995. The molecule has 0 aromatic heterocycles. The second-order valence-electron chi connectivity index (χ2n) is 7.95. The fourth-order valence-corrected chi connectivity index (χ4v) is 3.28. The maximum atomic E-state index is 12.7. The first-order valence-electron chi connectivity index (χ1n) is 10.3. The normalized spacial score (nSPS) is 11.7. The summed E-state index contributed by atoms with van der Waals surface area (Å²) in [5.41, 5.74) is 4.06. The zero-order valence-corrected chi connectivity index (χ0v) is 17.7. The molecule has 0 aliphatic heterocycles. The summed E-state index contributed by atoms with van der Waals surface area (Å²) >= 11 is 0. The number of benzene rings is 3. The van der Waals surface area contributed by atoms with Gasteiger partial charge in [0.15, 0.2) is 0 Å². The maximum absolute atomic E-state index is 12.7. The molecule has 30 heavy (non-hydrogen) atoms. The van der Waals surface area contributed by atoms with Crippen LogP contribution >= 0.6 is 0 Å². The van der Waals surface area contributed by atoms with Crippen molar-refractivity contribution in [1.29, 1.82) is 0 Å². The van der Waals surface area contributed by atoms with Crippen LogP contribution in [-0.4, -0.2) is 11.8 Å². The first kappa shape index (κ1) is 21.3. The van der Waals surface area contributed by atoms with Gasteiger partial charge in [0.2, 0.25) is 5.91 Å². The molecule has 0 spiro atoms. The molecule has 3 rings (SSSR count). The van der Waals surface area contributed by atoms with Gasteiger partial charge in [0.1, 0.15) is 0 Å². The predicted molar refractivity (Wildman–Crippen MR) is 123 cm³/mol. The van der Waals surface area contributed by atoms with E-state index in [0.717, 1.165) is 17.7 Å². The number of carbonyl (C=O) groups excluding carboxylic acids is 2. The minimum atomic E-state index is -0.292. The molecule has 0 saturated carbocycles. The lowest BCUT2D eigenvalue weighted by atomic mass is 9.96. The van der Waals surface area contributed by atoms with Gasteiger partial charge >= 0.3 is 0 Å². The molecule has 2 N–H and O–H groups in total. The summed E-state index contributed by atoms with van der Waals surface area (Å²) in [7, 11) is 0. The lowest BCUT2D eigenvalue weighted by molar-refractivity contribution is -0.117. The average molecular weight is 401 g/mol. The zero-order valence-electron chi connectivity index (χ0n) is 17.7. The third-order valence-electron chi connectivity index (χ3n) is 4.94. The van der Waals surface area contributed by atoms with Crippen LogP contribution < -0.4 is 10.6 Å². The smallest absolute Gasteiger partial charge is 0.255 e.